The number of amides is 1. The molecule has 1 rings (SSSR count). The molecule has 9 heteroatoms. The predicted molar refractivity (Wildman–Crippen MR) is 405 cm³/mol. The SMILES string of the molecule is CC/C=C\C/C=C\C/C=C\C/C=C\C/C=C\C/C=C\CCCCCCCCCCCCCCCCCCCCCCCCC(=O)NC(COC1OC(CO)C(O)C(O)C1O)C(O)CCCCCCCCCCCCCCCCCCCCCCCCCCCCCCCC. The summed E-state index contributed by atoms with van der Waals surface area (Å²) in [7, 11) is 0. The fourth-order valence-corrected chi connectivity index (χ4v) is 13.2. The zero-order chi connectivity index (χ0) is 67.8. The Labute approximate surface area is 582 Å². The highest BCUT2D eigenvalue weighted by molar-refractivity contribution is 5.76. The van der Waals surface area contributed by atoms with Crippen molar-refractivity contribution in [1.29, 1.82) is 0 Å². The van der Waals surface area contributed by atoms with E-state index in [1.807, 2.05) is 0 Å². The van der Waals surface area contributed by atoms with E-state index in [1.54, 1.807) is 0 Å². The number of allylic oxidation sites excluding steroid dienone is 12. The molecule has 0 saturated carbocycles. The summed E-state index contributed by atoms with van der Waals surface area (Å²) in [6.45, 7) is 3.78. The number of rotatable bonds is 73. The van der Waals surface area contributed by atoms with Crippen LogP contribution in [0.5, 0.6) is 0 Å². The molecule has 0 aromatic heterocycles. The van der Waals surface area contributed by atoms with Crippen molar-refractivity contribution in [2.75, 3.05) is 13.2 Å². The van der Waals surface area contributed by atoms with Crippen LogP contribution < -0.4 is 5.32 Å². The molecular weight excluding hydrogens is 1160 g/mol. The van der Waals surface area contributed by atoms with Crippen LogP contribution in [-0.4, -0.2) is 87.5 Å². The summed E-state index contributed by atoms with van der Waals surface area (Å²) >= 11 is 0. The average Bonchev–Trinajstić information content (AvgIpc) is 0.831. The molecule has 1 fully saturated rings. The van der Waals surface area contributed by atoms with Gasteiger partial charge in [-0.05, 0) is 64.2 Å². The van der Waals surface area contributed by atoms with Crippen molar-refractivity contribution in [1.82, 2.24) is 5.32 Å². The van der Waals surface area contributed by atoms with E-state index in [0.29, 0.717) is 12.8 Å². The molecule has 1 heterocycles. The second-order valence-electron chi connectivity index (χ2n) is 28.5. The molecular formula is C85H157NO8. The maximum absolute atomic E-state index is 13.2. The van der Waals surface area contributed by atoms with Crippen LogP contribution in [0, 0.1) is 0 Å². The topological polar surface area (TPSA) is 149 Å². The molecule has 9 nitrogen and oxygen atoms in total. The lowest BCUT2D eigenvalue weighted by molar-refractivity contribution is -0.302. The summed E-state index contributed by atoms with van der Waals surface area (Å²) in [6, 6.07) is -0.722. The largest absolute Gasteiger partial charge is 0.394 e. The van der Waals surface area contributed by atoms with E-state index >= 15 is 0 Å². The Morgan fingerprint density at radius 2 is 0.660 bits per heavy atom. The summed E-state index contributed by atoms with van der Waals surface area (Å²) in [5.74, 6) is -0.136. The number of carbonyl (C=O) groups is 1. The Kier molecular flexibility index (Phi) is 69.9. The predicted octanol–water partition coefficient (Wildman–Crippen LogP) is 23.8. The lowest BCUT2D eigenvalue weighted by atomic mass is 9.99. The molecule has 7 atom stereocenters. The van der Waals surface area contributed by atoms with Gasteiger partial charge >= 0.3 is 0 Å². The number of unbranched alkanes of at least 4 members (excludes halogenated alkanes) is 51. The maximum Gasteiger partial charge on any atom is 0.220 e. The molecule has 550 valence electrons. The molecule has 0 radical (unpaired) electrons. The molecule has 1 aliphatic heterocycles. The minimum Gasteiger partial charge on any atom is -0.394 e. The normalized spacial score (nSPS) is 17.9. The van der Waals surface area contributed by atoms with Gasteiger partial charge in [0.05, 0.1) is 25.4 Å². The van der Waals surface area contributed by atoms with Crippen LogP contribution in [0.15, 0.2) is 72.9 Å². The van der Waals surface area contributed by atoms with Crippen molar-refractivity contribution in [3.8, 4) is 0 Å². The van der Waals surface area contributed by atoms with Gasteiger partial charge in [-0.25, -0.2) is 0 Å². The van der Waals surface area contributed by atoms with Gasteiger partial charge in [-0.3, -0.25) is 4.79 Å². The monoisotopic (exact) mass is 1320 g/mol. The first-order valence-corrected chi connectivity index (χ1v) is 41.1. The minimum atomic E-state index is -1.56. The van der Waals surface area contributed by atoms with Gasteiger partial charge in [-0.15, -0.1) is 0 Å². The highest BCUT2D eigenvalue weighted by atomic mass is 16.7. The average molecular weight is 1320 g/mol. The quantitative estimate of drug-likeness (QED) is 0.0261. The number of ether oxygens (including phenoxy) is 2. The first kappa shape index (κ1) is 89.6. The van der Waals surface area contributed by atoms with E-state index in [0.717, 1.165) is 77.0 Å². The molecule has 0 bridgehead atoms. The van der Waals surface area contributed by atoms with Crippen LogP contribution in [0.4, 0.5) is 0 Å². The second-order valence-corrected chi connectivity index (χ2v) is 28.5. The molecule has 1 aliphatic rings. The molecule has 6 N–H and O–H groups in total. The Bertz CT molecular complexity index is 1730. The molecule has 0 aliphatic carbocycles. The summed E-state index contributed by atoms with van der Waals surface area (Å²) in [5.41, 5.74) is 0. The van der Waals surface area contributed by atoms with E-state index in [2.05, 4.69) is 92.1 Å². The summed E-state index contributed by atoms with van der Waals surface area (Å²) < 4.78 is 11.4. The van der Waals surface area contributed by atoms with Gasteiger partial charge in [0.2, 0.25) is 5.91 Å². The van der Waals surface area contributed by atoms with E-state index in [1.165, 1.54) is 302 Å². The summed E-state index contributed by atoms with van der Waals surface area (Å²) in [5, 5.41) is 55.1. The van der Waals surface area contributed by atoms with Crippen molar-refractivity contribution in [3.05, 3.63) is 72.9 Å². The van der Waals surface area contributed by atoms with Gasteiger partial charge in [-0.2, -0.15) is 0 Å². The highest BCUT2D eigenvalue weighted by Crippen LogP contribution is 2.24. The van der Waals surface area contributed by atoms with E-state index in [4.69, 9.17) is 9.47 Å². The van der Waals surface area contributed by atoms with Gasteiger partial charge in [0.15, 0.2) is 6.29 Å². The number of hydrogen-bond acceptors (Lipinski definition) is 8. The van der Waals surface area contributed by atoms with Gasteiger partial charge in [0.1, 0.15) is 24.4 Å². The van der Waals surface area contributed by atoms with Crippen LogP contribution in [0.25, 0.3) is 0 Å². The van der Waals surface area contributed by atoms with Crippen LogP contribution in [0.3, 0.4) is 0 Å². The Balaban J connectivity index is 2.03. The molecule has 0 spiro atoms. The molecule has 7 unspecified atom stereocenters. The number of aliphatic hydroxyl groups is 5. The Morgan fingerprint density at radius 1 is 0.372 bits per heavy atom. The summed E-state index contributed by atoms with van der Waals surface area (Å²) in [4.78, 5) is 13.2. The smallest absolute Gasteiger partial charge is 0.220 e. The molecule has 0 aromatic carbocycles. The van der Waals surface area contributed by atoms with Crippen LogP contribution in [0.1, 0.15) is 406 Å². The first-order valence-electron chi connectivity index (χ1n) is 41.1. The van der Waals surface area contributed by atoms with Gasteiger partial charge < -0.3 is 40.3 Å². The van der Waals surface area contributed by atoms with Gasteiger partial charge in [-0.1, -0.05) is 408 Å². The zero-order valence-corrected chi connectivity index (χ0v) is 62.0. The number of hydrogen-bond donors (Lipinski definition) is 6. The maximum atomic E-state index is 13.2. The third-order valence-electron chi connectivity index (χ3n) is 19.6. The van der Waals surface area contributed by atoms with E-state index in [9.17, 15) is 30.3 Å². The Hall–Kier alpha value is -2.37. The van der Waals surface area contributed by atoms with Gasteiger partial charge in [0, 0.05) is 6.42 Å². The summed E-state index contributed by atoms with van der Waals surface area (Å²) in [6.07, 6.45) is 97.3. The third kappa shape index (κ3) is 60.8. The zero-order valence-electron chi connectivity index (χ0n) is 62.0. The van der Waals surface area contributed by atoms with E-state index in [-0.39, 0.29) is 12.5 Å². The van der Waals surface area contributed by atoms with Crippen LogP contribution in [0.2, 0.25) is 0 Å². The van der Waals surface area contributed by atoms with Crippen molar-refractivity contribution in [2.24, 2.45) is 0 Å². The fraction of sp³-hybridized carbons (Fsp3) is 0.847. The molecule has 94 heavy (non-hydrogen) atoms. The van der Waals surface area contributed by atoms with Crippen molar-refractivity contribution in [3.63, 3.8) is 0 Å². The van der Waals surface area contributed by atoms with Crippen LogP contribution in [-0.2, 0) is 14.3 Å². The fourth-order valence-electron chi connectivity index (χ4n) is 13.2. The lowest BCUT2D eigenvalue weighted by Gasteiger charge is -2.40. The number of nitrogens with one attached hydrogen (secondary N) is 1. The lowest BCUT2D eigenvalue weighted by Crippen LogP contribution is -2.60. The second kappa shape index (κ2) is 73.3. The third-order valence-corrected chi connectivity index (χ3v) is 19.6. The molecule has 0 aromatic rings. The highest BCUT2D eigenvalue weighted by Gasteiger charge is 2.44. The van der Waals surface area contributed by atoms with Gasteiger partial charge in [0.25, 0.3) is 0 Å². The molecule has 1 amide bonds. The number of aliphatic hydroxyl groups excluding tert-OH is 5. The van der Waals surface area contributed by atoms with Crippen molar-refractivity contribution in [2.45, 2.75) is 448 Å². The van der Waals surface area contributed by atoms with E-state index < -0.39 is 49.5 Å². The Morgan fingerprint density at radius 3 is 0.979 bits per heavy atom. The first-order chi connectivity index (χ1) is 46.3. The molecule has 1 saturated heterocycles. The van der Waals surface area contributed by atoms with Crippen molar-refractivity contribution < 1.29 is 39.8 Å². The standard InChI is InChI=1S/C85H157NO8/c1-3-5-7-9-11-13-15-17-19-21-23-25-27-29-31-33-35-36-37-38-39-40-41-42-43-44-45-47-49-51-53-55-57-59-61-63-65-67-69-71-73-75-81(89)86-78(77-93-85-84(92)83(91)82(90)80(76-87)94-85)79(88)74-72-70-68-66-64-62-60-58-56-54-52-50-48-46-34-32-30-28-26-24-22-20-18-16-14-12-10-8-6-4-2/h5,7,11,13,17,19,23,25,29,31,35-36,78-80,82-85,87-88,90-92H,3-4,6,8-10,12,14-16,18,20-22,24,26-28,30,32-34,37-77H2,1-2H3,(H,86,89)/b7-5-,13-11-,19-17-,25-23-,31-29-,36-35-. The van der Waals surface area contributed by atoms with Crippen molar-refractivity contribution >= 4 is 5.91 Å². The van der Waals surface area contributed by atoms with Crippen LogP contribution >= 0.6 is 0 Å². The minimum absolute atomic E-state index is 0.135. The number of carbonyl (C=O) groups excluding carboxylic acids is 1.